The van der Waals surface area contributed by atoms with E-state index in [1.807, 2.05) is 0 Å². The van der Waals surface area contributed by atoms with Crippen LogP contribution in [0, 0.1) is 17.3 Å². The molecule has 3 atom stereocenters. The molecule has 3 nitrogen and oxygen atoms in total. The van der Waals surface area contributed by atoms with Crippen molar-refractivity contribution in [3.8, 4) is 0 Å². The second-order valence-corrected chi connectivity index (χ2v) is 8.29. The van der Waals surface area contributed by atoms with Gasteiger partial charge in [0.25, 0.3) is 0 Å². The molecule has 3 unspecified atom stereocenters. The van der Waals surface area contributed by atoms with Crippen molar-refractivity contribution in [3.05, 3.63) is 0 Å². The molecule has 2 saturated heterocycles. The van der Waals surface area contributed by atoms with Crippen molar-refractivity contribution in [2.45, 2.75) is 66.0 Å². The Morgan fingerprint density at radius 2 is 1.90 bits per heavy atom. The summed E-state index contributed by atoms with van der Waals surface area (Å²) in [5, 5.41) is 3.83. The van der Waals surface area contributed by atoms with Crippen LogP contribution in [0.4, 0.5) is 0 Å². The summed E-state index contributed by atoms with van der Waals surface area (Å²) in [6, 6.07) is 1.31. The van der Waals surface area contributed by atoms with Gasteiger partial charge in [-0.1, -0.05) is 41.0 Å². The Hall–Kier alpha value is -0.120. The van der Waals surface area contributed by atoms with Crippen molar-refractivity contribution in [1.29, 1.82) is 0 Å². The van der Waals surface area contributed by atoms with Gasteiger partial charge in [-0.2, -0.15) is 0 Å². The van der Waals surface area contributed by atoms with Gasteiger partial charge in [0.05, 0.1) is 0 Å². The number of rotatable bonds is 4. The first kappa shape index (κ1) is 17.2. The van der Waals surface area contributed by atoms with Gasteiger partial charge in [0, 0.05) is 44.9 Å². The van der Waals surface area contributed by atoms with E-state index >= 15 is 0 Å². The maximum atomic E-state index is 5.53. The molecule has 2 aliphatic rings. The summed E-state index contributed by atoms with van der Waals surface area (Å²) in [4.78, 5) is 2.80. The number of nitrogens with one attached hydrogen (secondary N) is 1. The van der Waals surface area contributed by atoms with Crippen molar-refractivity contribution in [3.63, 3.8) is 0 Å². The Balaban J connectivity index is 2.01. The maximum Gasteiger partial charge on any atom is 0.0469 e. The predicted octanol–water partition coefficient (Wildman–Crippen LogP) is 3.15. The highest BCUT2D eigenvalue weighted by atomic mass is 16.5. The monoisotopic (exact) mass is 296 g/mol. The first-order valence-electron chi connectivity index (χ1n) is 8.97. The van der Waals surface area contributed by atoms with Crippen molar-refractivity contribution >= 4 is 0 Å². The largest absolute Gasteiger partial charge is 0.381 e. The fourth-order valence-electron chi connectivity index (χ4n) is 3.71. The fourth-order valence-corrected chi connectivity index (χ4v) is 3.71. The average molecular weight is 296 g/mol. The quantitative estimate of drug-likeness (QED) is 0.862. The topological polar surface area (TPSA) is 24.5 Å². The van der Waals surface area contributed by atoms with Gasteiger partial charge in [-0.25, -0.2) is 0 Å². The highest BCUT2D eigenvalue weighted by molar-refractivity contribution is 4.94. The molecule has 0 amide bonds. The minimum Gasteiger partial charge on any atom is -0.381 e. The molecule has 2 rings (SSSR count). The summed E-state index contributed by atoms with van der Waals surface area (Å²) in [6.07, 6.45) is 3.77. The molecule has 124 valence electrons. The molecule has 0 aromatic heterocycles. The van der Waals surface area contributed by atoms with Gasteiger partial charge in [-0.3, -0.25) is 4.90 Å². The number of hydrogen-bond acceptors (Lipinski definition) is 3. The zero-order chi connectivity index (χ0) is 15.5. The molecule has 3 heteroatoms. The van der Waals surface area contributed by atoms with E-state index in [-0.39, 0.29) is 0 Å². The smallest absolute Gasteiger partial charge is 0.0469 e. The summed E-state index contributed by atoms with van der Waals surface area (Å²) < 4.78 is 5.53. The van der Waals surface area contributed by atoms with Crippen molar-refractivity contribution in [2.24, 2.45) is 17.3 Å². The summed E-state index contributed by atoms with van der Waals surface area (Å²) in [6.45, 7) is 17.4. The molecule has 21 heavy (non-hydrogen) atoms. The van der Waals surface area contributed by atoms with E-state index in [1.165, 1.54) is 32.4 Å². The molecule has 0 bridgehead atoms. The highest BCUT2D eigenvalue weighted by Crippen LogP contribution is 2.28. The SMILES string of the molecule is CCC(C)C1CNC(C(C)(C)C)CN1CC1CCOCC1. The fraction of sp³-hybridized carbons (Fsp3) is 1.00. The van der Waals surface area contributed by atoms with Crippen LogP contribution in [-0.4, -0.2) is 49.8 Å². The van der Waals surface area contributed by atoms with Crippen LogP contribution >= 0.6 is 0 Å². The van der Waals surface area contributed by atoms with Crippen LogP contribution in [-0.2, 0) is 4.74 Å². The molecular weight excluding hydrogens is 260 g/mol. The number of hydrogen-bond donors (Lipinski definition) is 1. The van der Waals surface area contributed by atoms with Crippen LogP contribution in [0.1, 0.15) is 53.9 Å². The van der Waals surface area contributed by atoms with Gasteiger partial charge in [0.15, 0.2) is 0 Å². The van der Waals surface area contributed by atoms with Gasteiger partial charge in [-0.15, -0.1) is 0 Å². The van der Waals surface area contributed by atoms with E-state index < -0.39 is 0 Å². The normalized spacial score (nSPS) is 31.3. The van der Waals surface area contributed by atoms with E-state index in [0.29, 0.717) is 17.5 Å². The van der Waals surface area contributed by atoms with Crippen LogP contribution < -0.4 is 5.32 Å². The van der Waals surface area contributed by atoms with Gasteiger partial charge in [-0.05, 0) is 30.1 Å². The van der Waals surface area contributed by atoms with Gasteiger partial charge < -0.3 is 10.1 Å². The molecule has 0 aromatic rings. The molecule has 0 aromatic carbocycles. The van der Waals surface area contributed by atoms with Crippen LogP contribution in [0.3, 0.4) is 0 Å². The summed E-state index contributed by atoms with van der Waals surface area (Å²) >= 11 is 0. The van der Waals surface area contributed by atoms with Crippen LogP contribution in [0.5, 0.6) is 0 Å². The molecule has 0 spiro atoms. The van der Waals surface area contributed by atoms with Crippen molar-refractivity contribution in [1.82, 2.24) is 10.2 Å². The molecule has 0 aliphatic carbocycles. The Kier molecular flexibility index (Phi) is 6.10. The van der Waals surface area contributed by atoms with Crippen molar-refractivity contribution < 1.29 is 4.74 Å². The zero-order valence-corrected chi connectivity index (χ0v) is 14.8. The Bertz CT molecular complexity index is 307. The molecule has 0 saturated carbocycles. The second-order valence-electron chi connectivity index (χ2n) is 8.29. The minimum atomic E-state index is 0.342. The minimum absolute atomic E-state index is 0.342. The third-order valence-corrected chi connectivity index (χ3v) is 5.64. The summed E-state index contributed by atoms with van der Waals surface area (Å²) in [5.74, 6) is 1.61. The van der Waals surface area contributed by atoms with E-state index in [0.717, 1.165) is 31.6 Å². The van der Waals surface area contributed by atoms with E-state index in [1.54, 1.807) is 0 Å². The van der Waals surface area contributed by atoms with Crippen molar-refractivity contribution in [2.75, 3.05) is 32.8 Å². The second kappa shape index (κ2) is 7.43. The third-order valence-electron chi connectivity index (χ3n) is 5.64. The average Bonchev–Trinajstić information content (AvgIpc) is 2.46. The van der Waals surface area contributed by atoms with E-state index in [9.17, 15) is 0 Å². The molecule has 0 radical (unpaired) electrons. The third kappa shape index (κ3) is 4.67. The van der Waals surface area contributed by atoms with Crippen LogP contribution in [0.15, 0.2) is 0 Å². The lowest BCUT2D eigenvalue weighted by Crippen LogP contribution is -2.62. The maximum absolute atomic E-state index is 5.53. The summed E-state index contributed by atoms with van der Waals surface area (Å²) in [5.41, 5.74) is 0.342. The first-order chi connectivity index (χ1) is 9.91. The lowest BCUT2D eigenvalue weighted by molar-refractivity contribution is 0.0134. The van der Waals surface area contributed by atoms with Gasteiger partial charge in [0.1, 0.15) is 0 Å². The highest BCUT2D eigenvalue weighted by Gasteiger charge is 2.36. The van der Waals surface area contributed by atoms with Gasteiger partial charge in [0.2, 0.25) is 0 Å². The molecule has 2 aliphatic heterocycles. The number of ether oxygens (including phenoxy) is 1. The van der Waals surface area contributed by atoms with E-state index in [2.05, 4.69) is 44.8 Å². The van der Waals surface area contributed by atoms with E-state index in [4.69, 9.17) is 4.74 Å². The predicted molar refractivity (Wildman–Crippen MR) is 89.6 cm³/mol. The van der Waals surface area contributed by atoms with Crippen LogP contribution in [0.25, 0.3) is 0 Å². The number of piperazine rings is 1. The molecule has 2 fully saturated rings. The summed E-state index contributed by atoms with van der Waals surface area (Å²) in [7, 11) is 0. The Labute approximate surface area is 131 Å². The zero-order valence-electron chi connectivity index (χ0n) is 14.8. The first-order valence-corrected chi connectivity index (χ1v) is 8.97. The molecular formula is C18H36N2O. The van der Waals surface area contributed by atoms with Gasteiger partial charge >= 0.3 is 0 Å². The Morgan fingerprint density at radius 1 is 1.24 bits per heavy atom. The Morgan fingerprint density at radius 3 is 2.48 bits per heavy atom. The molecule has 1 N–H and O–H groups in total. The number of nitrogens with zero attached hydrogens (tertiary/aromatic N) is 1. The molecule has 2 heterocycles. The van der Waals surface area contributed by atoms with Crippen LogP contribution in [0.2, 0.25) is 0 Å². The lowest BCUT2D eigenvalue weighted by atomic mass is 9.82. The lowest BCUT2D eigenvalue weighted by Gasteiger charge is -2.48. The standard InChI is InChI=1S/C18H36N2O/c1-6-14(2)16-11-19-17(18(3,4)5)13-20(16)12-15-7-9-21-10-8-15/h14-17,19H,6-13H2,1-5H3.